The first-order valence-electron chi connectivity index (χ1n) is 11.3. The molecule has 0 aromatic heterocycles. The Bertz CT molecular complexity index is 212. The van der Waals surface area contributed by atoms with E-state index in [0.717, 1.165) is 13.0 Å². The van der Waals surface area contributed by atoms with Crippen LogP contribution in [0.4, 0.5) is 0 Å². The molecule has 0 fully saturated rings. The first kappa shape index (κ1) is 25.8. The summed E-state index contributed by atoms with van der Waals surface area (Å²) in [7, 11) is 0. The minimum Gasteiger partial charge on any atom is -0.394 e. The average Bonchev–Trinajstić information content (AvgIpc) is 2.66. The third-order valence-corrected chi connectivity index (χ3v) is 4.62. The maximum atomic E-state index is 8.55. The number of aliphatic hydroxyl groups is 1. The molecular weight excluding hydrogens is 328 g/mol. The second kappa shape index (κ2) is 24.8. The second-order valence-electron chi connectivity index (χ2n) is 7.16. The summed E-state index contributed by atoms with van der Waals surface area (Å²) in [5, 5.41) is 8.55. The molecule has 0 atom stereocenters. The lowest BCUT2D eigenvalue weighted by atomic mass is 10.0. The highest BCUT2D eigenvalue weighted by Gasteiger charge is 1.95. The third-order valence-electron chi connectivity index (χ3n) is 4.62. The predicted molar refractivity (Wildman–Crippen MR) is 110 cm³/mol. The van der Waals surface area contributed by atoms with E-state index in [1.165, 1.54) is 83.5 Å². The van der Waals surface area contributed by atoms with Crippen molar-refractivity contribution in [3.8, 4) is 0 Å². The largest absolute Gasteiger partial charge is 0.394 e. The van der Waals surface area contributed by atoms with Crippen molar-refractivity contribution in [1.29, 1.82) is 0 Å². The predicted octanol–water partition coefficient (Wildman–Crippen LogP) is 5.51. The van der Waals surface area contributed by atoms with E-state index in [1.54, 1.807) is 0 Å². The Hall–Kier alpha value is -0.160. The van der Waals surface area contributed by atoms with Crippen LogP contribution in [0, 0.1) is 0 Å². The zero-order valence-electron chi connectivity index (χ0n) is 17.5. The van der Waals surface area contributed by atoms with E-state index >= 15 is 0 Å². The van der Waals surface area contributed by atoms with Gasteiger partial charge in [0, 0.05) is 6.61 Å². The van der Waals surface area contributed by atoms with Crippen LogP contribution in [0.3, 0.4) is 0 Å². The van der Waals surface area contributed by atoms with Crippen molar-refractivity contribution in [2.24, 2.45) is 0 Å². The third kappa shape index (κ3) is 23.8. The average molecular weight is 375 g/mol. The van der Waals surface area contributed by atoms with Gasteiger partial charge in [0.1, 0.15) is 0 Å². The Morgan fingerprint density at radius 2 is 0.769 bits per heavy atom. The Kier molecular flexibility index (Phi) is 24.7. The van der Waals surface area contributed by atoms with Crippen molar-refractivity contribution in [3.63, 3.8) is 0 Å². The number of unbranched alkanes of at least 4 members (excludes halogenated alkanes) is 13. The Labute approximate surface area is 163 Å². The molecule has 0 bridgehead atoms. The summed E-state index contributed by atoms with van der Waals surface area (Å²) in [5.41, 5.74) is 0. The molecule has 0 aliphatic rings. The Morgan fingerprint density at radius 3 is 1.19 bits per heavy atom. The van der Waals surface area contributed by atoms with Gasteiger partial charge in [0.15, 0.2) is 0 Å². The molecule has 1 N–H and O–H groups in total. The zero-order chi connectivity index (χ0) is 19.0. The van der Waals surface area contributed by atoms with Gasteiger partial charge in [-0.05, 0) is 6.42 Å². The van der Waals surface area contributed by atoms with Crippen molar-refractivity contribution in [1.82, 2.24) is 0 Å². The Balaban J connectivity index is 2.95. The van der Waals surface area contributed by atoms with Gasteiger partial charge in [0.05, 0.1) is 39.6 Å². The molecule has 0 heterocycles. The van der Waals surface area contributed by atoms with Gasteiger partial charge in [-0.25, -0.2) is 0 Å². The van der Waals surface area contributed by atoms with Gasteiger partial charge in [-0.15, -0.1) is 0 Å². The highest BCUT2D eigenvalue weighted by Crippen LogP contribution is 2.12. The summed E-state index contributed by atoms with van der Waals surface area (Å²) in [4.78, 5) is 0. The maximum Gasteiger partial charge on any atom is 0.0701 e. The zero-order valence-corrected chi connectivity index (χ0v) is 17.5. The van der Waals surface area contributed by atoms with Crippen molar-refractivity contribution >= 4 is 0 Å². The molecule has 0 saturated heterocycles. The number of hydrogen-bond acceptors (Lipinski definition) is 4. The summed E-state index contributed by atoms with van der Waals surface area (Å²) >= 11 is 0. The van der Waals surface area contributed by atoms with Crippen LogP contribution in [-0.2, 0) is 14.2 Å². The Morgan fingerprint density at radius 1 is 0.423 bits per heavy atom. The first-order valence-corrected chi connectivity index (χ1v) is 11.3. The van der Waals surface area contributed by atoms with E-state index in [0.29, 0.717) is 33.0 Å². The fourth-order valence-corrected chi connectivity index (χ4v) is 3.01. The van der Waals surface area contributed by atoms with Crippen LogP contribution < -0.4 is 0 Å². The highest BCUT2D eigenvalue weighted by molar-refractivity contribution is 4.49. The molecule has 4 heteroatoms. The van der Waals surface area contributed by atoms with Gasteiger partial charge in [-0.2, -0.15) is 0 Å². The van der Waals surface area contributed by atoms with Crippen LogP contribution in [0.2, 0.25) is 0 Å². The molecule has 0 aromatic carbocycles. The van der Waals surface area contributed by atoms with Gasteiger partial charge in [0.25, 0.3) is 0 Å². The van der Waals surface area contributed by atoms with Crippen LogP contribution in [0.5, 0.6) is 0 Å². The summed E-state index contributed by atoms with van der Waals surface area (Å²) in [6, 6.07) is 0. The van der Waals surface area contributed by atoms with Gasteiger partial charge >= 0.3 is 0 Å². The molecule has 0 rings (SSSR count). The fraction of sp³-hybridized carbons (Fsp3) is 1.00. The molecule has 0 spiro atoms. The molecule has 26 heavy (non-hydrogen) atoms. The van der Waals surface area contributed by atoms with Crippen LogP contribution >= 0.6 is 0 Å². The lowest BCUT2D eigenvalue weighted by Crippen LogP contribution is -2.11. The fourth-order valence-electron chi connectivity index (χ4n) is 3.01. The monoisotopic (exact) mass is 374 g/mol. The first-order chi connectivity index (χ1) is 12.9. The van der Waals surface area contributed by atoms with E-state index in [2.05, 4.69) is 6.92 Å². The highest BCUT2D eigenvalue weighted by atomic mass is 16.5. The summed E-state index contributed by atoms with van der Waals surface area (Å²) in [5.74, 6) is 0. The maximum absolute atomic E-state index is 8.55. The van der Waals surface area contributed by atoms with E-state index in [-0.39, 0.29) is 6.61 Å². The van der Waals surface area contributed by atoms with Crippen LogP contribution in [0.1, 0.15) is 96.8 Å². The summed E-state index contributed by atoms with van der Waals surface area (Å²) in [6.07, 6.45) is 19.4. The van der Waals surface area contributed by atoms with Crippen molar-refractivity contribution < 1.29 is 19.3 Å². The lowest BCUT2D eigenvalue weighted by Gasteiger charge is -2.06. The molecule has 0 radical (unpaired) electrons. The normalized spacial score (nSPS) is 11.3. The molecule has 0 amide bonds. The standard InChI is InChI=1S/C22H46O4/c1-2-3-4-5-6-7-8-9-10-11-12-13-14-15-17-24-19-21-26-22-20-25-18-16-23/h23H,2-22H2,1H3. The minimum atomic E-state index is 0.0717. The van der Waals surface area contributed by atoms with Crippen molar-refractivity contribution in [3.05, 3.63) is 0 Å². The van der Waals surface area contributed by atoms with Crippen LogP contribution in [0.15, 0.2) is 0 Å². The topological polar surface area (TPSA) is 47.9 Å². The summed E-state index contributed by atoms with van der Waals surface area (Å²) < 4.78 is 16.0. The molecule has 0 saturated carbocycles. The SMILES string of the molecule is CCCCCCCCCCCCCCCCOCCOCCOCCO. The smallest absolute Gasteiger partial charge is 0.0701 e. The van der Waals surface area contributed by atoms with Crippen LogP contribution in [0.25, 0.3) is 0 Å². The van der Waals surface area contributed by atoms with Crippen molar-refractivity contribution in [2.45, 2.75) is 96.8 Å². The van der Waals surface area contributed by atoms with Crippen LogP contribution in [-0.4, -0.2) is 51.4 Å². The van der Waals surface area contributed by atoms with Gasteiger partial charge in [-0.1, -0.05) is 90.4 Å². The molecule has 0 aromatic rings. The number of aliphatic hydroxyl groups excluding tert-OH is 1. The van der Waals surface area contributed by atoms with Gasteiger partial charge < -0.3 is 19.3 Å². The molecular formula is C22H46O4. The van der Waals surface area contributed by atoms with E-state index in [1.807, 2.05) is 0 Å². The minimum absolute atomic E-state index is 0.0717. The number of ether oxygens (including phenoxy) is 3. The van der Waals surface area contributed by atoms with E-state index in [4.69, 9.17) is 19.3 Å². The van der Waals surface area contributed by atoms with Gasteiger partial charge in [-0.3, -0.25) is 0 Å². The van der Waals surface area contributed by atoms with Gasteiger partial charge in [0.2, 0.25) is 0 Å². The quantitative estimate of drug-likeness (QED) is 0.240. The van der Waals surface area contributed by atoms with E-state index in [9.17, 15) is 0 Å². The van der Waals surface area contributed by atoms with Crippen molar-refractivity contribution in [2.75, 3.05) is 46.2 Å². The molecule has 4 nitrogen and oxygen atoms in total. The summed E-state index contributed by atoms with van der Waals surface area (Å²) in [6.45, 7) is 5.99. The lowest BCUT2D eigenvalue weighted by molar-refractivity contribution is 0.00719. The van der Waals surface area contributed by atoms with E-state index < -0.39 is 0 Å². The number of rotatable bonds is 23. The molecule has 0 unspecified atom stereocenters. The number of hydrogen-bond donors (Lipinski definition) is 1. The molecule has 0 aliphatic heterocycles. The molecule has 158 valence electrons. The second-order valence-corrected chi connectivity index (χ2v) is 7.16. The molecule has 0 aliphatic carbocycles.